The van der Waals surface area contributed by atoms with E-state index in [-0.39, 0.29) is 18.1 Å². The van der Waals surface area contributed by atoms with Gasteiger partial charge in [-0.3, -0.25) is 4.79 Å². The van der Waals surface area contributed by atoms with Crippen LogP contribution in [0.5, 0.6) is 5.75 Å². The third-order valence-corrected chi connectivity index (χ3v) is 4.99. The fourth-order valence-corrected chi connectivity index (χ4v) is 3.78. The fourth-order valence-electron chi connectivity index (χ4n) is 3.78. The minimum absolute atomic E-state index is 0.0136. The van der Waals surface area contributed by atoms with Gasteiger partial charge in [-0.2, -0.15) is 0 Å². The van der Waals surface area contributed by atoms with Gasteiger partial charge in [-0.05, 0) is 48.2 Å². The summed E-state index contributed by atoms with van der Waals surface area (Å²) in [4.78, 5) is 14.9. The monoisotopic (exact) mass is 323 g/mol. The minimum Gasteiger partial charge on any atom is -0.496 e. The lowest BCUT2D eigenvalue weighted by Crippen LogP contribution is -2.49. The molecule has 0 saturated carbocycles. The number of aryl methyl sites for hydroxylation is 1. The summed E-state index contributed by atoms with van der Waals surface area (Å²) in [5, 5.41) is 3.14. The molecule has 5 heteroatoms. The van der Waals surface area contributed by atoms with Gasteiger partial charge in [0.2, 0.25) is 0 Å². The molecular weight excluding hydrogens is 302 g/mol. The number of methoxy groups -OCH3 is 1. The van der Waals surface area contributed by atoms with Crippen molar-refractivity contribution in [3.8, 4) is 5.75 Å². The van der Waals surface area contributed by atoms with E-state index in [1.807, 2.05) is 37.3 Å². The highest BCUT2D eigenvalue weighted by Gasteiger charge is 2.37. The molecule has 2 aromatic carbocycles. The fraction of sp³-hybridized carbons (Fsp3) is 0.316. The van der Waals surface area contributed by atoms with Crippen molar-refractivity contribution in [1.82, 2.24) is 5.32 Å². The van der Waals surface area contributed by atoms with Crippen LogP contribution in [0.1, 0.15) is 45.7 Å². The molecule has 24 heavy (non-hydrogen) atoms. The van der Waals surface area contributed by atoms with Gasteiger partial charge in [-0.25, -0.2) is 0 Å². The Labute approximate surface area is 141 Å². The number of anilines is 1. The smallest absolute Gasteiger partial charge is 0.255 e. The van der Waals surface area contributed by atoms with E-state index < -0.39 is 0 Å². The Balaban J connectivity index is 1.82. The highest BCUT2D eigenvalue weighted by molar-refractivity contribution is 6.03. The first-order valence-electron chi connectivity index (χ1n) is 8.20. The van der Waals surface area contributed by atoms with Crippen LogP contribution in [0.15, 0.2) is 36.4 Å². The number of para-hydroxylation sites is 1. The van der Waals surface area contributed by atoms with Gasteiger partial charge in [-0.15, -0.1) is 0 Å². The zero-order valence-electron chi connectivity index (χ0n) is 13.9. The molecule has 0 fully saturated rings. The summed E-state index contributed by atoms with van der Waals surface area (Å²) in [7, 11) is 1.67. The van der Waals surface area contributed by atoms with Gasteiger partial charge in [0, 0.05) is 12.6 Å². The van der Waals surface area contributed by atoms with Crippen LogP contribution >= 0.6 is 0 Å². The van der Waals surface area contributed by atoms with Crippen LogP contribution in [0.4, 0.5) is 5.69 Å². The van der Waals surface area contributed by atoms with Crippen molar-refractivity contribution in [3.63, 3.8) is 0 Å². The molecule has 2 aromatic rings. The van der Waals surface area contributed by atoms with Gasteiger partial charge >= 0.3 is 0 Å². The Kier molecular flexibility index (Phi) is 3.46. The third kappa shape index (κ3) is 2.16. The molecule has 2 heterocycles. The highest BCUT2D eigenvalue weighted by Crippen LogP contribution is 2.42. The van der Waals surface area contributed by atoms with Crippen LogP contribution in [0, 0.1) is 6.92 Å². The minimum atomic E-state index is -0.178. The molecule has 0 spiro atoms. The highest BCUT2D eigenvalue weighted by atomic mass is 16.5. The average molecular weight is 323 g/mol. The normalized spacial score (nSPS) is 22.0. The number of rotatable bonds is 2. The second kappa shape index (κ2) is 5.53. The van der Waals surface area contributed by atoms with Crippen molar-refractivity contribution in [2.24, 2.45) is 5.73 Å². The average Bonchev–Trinajstić information content (AvgIpc) is 2.59. The number of nitrogens with one attached hydrogen (secondary N) is 1. The van der Waals surface area contributed by atoms with Crippen molar-refractivity contribution in [2.75, 3.05) is 18.6 Å². The lowest BCUT2D eigenvalue weighted by molar-refractivity contribution is 0.0925. The molecule has 4 rings (SSSR count). The standard InChI is InChI=1S/C19H21N3O2/c1-11-10-12(6-7-16(11)24-2)18-21-19(23)14-5-3-4-13-15(20)8-9-22(18)17(13)14/h3-7,10,15,18H,8-9,20H2,1-2H3,(H,21,23)/t15-,18-/m1/s1. The van der Waals surface area contributed by atoms with Crippen molar-refractivity contribution in [2.45, 2.75) is 25.6 Å². The molecular formula is C19H21N3O2. The molecule has 5 nitrogen and oxygen atoms in total. The maximum atomic E-state index is 12.6. The van der Waals surface area contributed by atoms with Gasteiger partial charge in [0.25, 0.3) is 5.91 Å². The maximum Gasteiger partial charge on any atom is 0.255 e. The number of nitrogens with two attached hydrogens (primary N) is 1. The first-order chi connectivity index (χ1) is 11.6. The van der Waals surface area contributed by atoms with Gasteiger partial charge in [0.05, 0.1) is 18.4 Å². The van der Waals surface area contributed by atoms with E-state index in [0.717, 1.165) is 41.1 Å². The van der Waals surface area contributed by atoms with Crippen LogP contribution in [0.25, 0.3) is 0 Å². The van der Waals surface area contributed by atoms with Crippen LogP contribution < -0.4 is 20.7 Å². The van der Waals surface area contributed by atoms with E-state index in [1.54, 1.807) is 7.11 Å². The van der Waals surface area contributed by atoms with E-state index in [0.29, 0.717) is 5.56 Å². The number of carbonyl (C=O) groups is 1. The summed E-state index contributed by atoms with van der Waals surface area (Å²) in [6, 6.07) is 11.8. The molecule has 3 N–H and O–H groups in total. The van der Waals surface area contributed by atoms with Gasteiger partial charge < -0.3 is 20.7 Å². The molecule has 0 aliphatic carbocycles. The topological polar surface area (TPSA) is 67.6 Å². The number of carbonyl (C=O) groups excluding carboxylic acids is 1. The predicted molar refractivity (Wildman–Crippen MR) is 93.3 cm³/mol. The van der Waals surface area contributed by atoms with Crippen LogP contribution in [-0.2, 0) is 0 Å². The predicted octanol–water partition coefficient (Wildman–Crippen LogP) is 2.66. The lowest BCUT2D eigenvalue weighted by atomic mass is 9.90. The van der Waals surface area contributed by atoms with Gasteiger partial charge in [-0.1, -0.05) is 18.2 Å². The van der Waals surface area contributed by atoms with E-state index in [4.69, 9.17) is 10.5 Å². The van der Waals surface area contributed by atoms with E-state index >= 15 is 0 Å². The Bertz CT molecular complexity index is 818. The van der Waals surface area contributed by atoms with Crippen molar-refractivity contribution in [1.29, 1.82) is 0 Å². The van der Waals surface area contributed by atoms with E-state index in [9.17, 15) is 4.79 Å². The number of hydrogen-bond donors (Lipinski definition) is 2. The Morgan fingerprint density at radius 2 is 2.12 bits per heavy atom. The van der Waals surface area contributed by atoms with Crippen LogP contribution in [-0.4, -0.2) is 19.6 Å². The van der Waals surface area contributed by atoms with Gasteiger partial charge in [0.15, 0.2) is 0 Å². The zero-order valence-corrected chi connectivity index (χ0v) is 13.9. The van der Waals surface area contributed by atoms with E-state index in [1.165, 1.54) is 0 Å². The summed E-state index contributed by atoms with van der Waals surface area (Å²) in [5.74, 6) is 0.804. The Morgan fingerprint density at radius 1 is 1.29 bits per heavy atom. The number of nitrogens with zero attached hydrogens (tertiary/aromatic N) is 1. The Morgan fingerprint density at radius 3 is 2.88 bits per heavy atom. The largest absolute Gasteiger partial charge is 0.496 e. The second-order valence-electron chi connectivity index (χ2n) is 6.44. The first-order valence-corrected chi connectivity index (χ1v) is 8.20. The summed E-state index contributed by atoms with van der Waals surface area (Å²) in [6.45, 7) is 2.83. The second-order valence-corrected chi connectivity index (χ2v) is 6.44. The lowest BCUT2D eigenvalue weighted by Gasteiger charge is -2.44. The molecule has 0 unspecified atom stereocenters. The van der Waals surface area contributed by atoms with Crippen LogP contribution in [0.2, 0.25) is 0 Å². The third-order valence-electron chi connectivity index (χ3n) is 4.99. The quantitative estimate of drug-likeness (QED) is 0.891. The molecule has 1 amide bonds. The van der Waals surface area contributed by atoms with Crippen LogP contribution in [0.3, 0.4) is 0 Å². The number of hydrogen-bond acceptors (Lipinski definition) is 4. The molecule has 0 radical (unpaired) electrons. The number of ether oxygens (including phenoxy) is 1. The molecule has 2 aliphatic rings. The van der Waals surface area contributed by atoms with Gasteiger partial charge in [0.1, 0.15) is 11.9 Å². The van der Waals surface area contributed by atoms with Crippen molar-refractivity contribution >= 4 is 11.6 Å². The molecule has 0 bridgehead atoms. The summed E-state index contributed by atoms with van der Waals surface area (Å²) < 4.78 is 5.34. The SMILES string of the molecule is COc1ccc([C@@H]2NC(=O)c3cccc4c3N2CC[C@H]4N)cc1C. The number of amides is 1. The molecule has 0 aromatic heterocycles. The summed E-state index contributed by atoms with van der Waals surface area (Å²) in [5.41, 5.74) is 11.1. The molecule has 2 aliphatic heterocycles. The Hall–Kier alpha value is -2.53. The first kappa shape index (κ1) is 15.0. The number of benzene rings is 2. The maximum absolute atomic E-state index is 12.6. The molecule has 2 atom stereocenters. The summed E-state index contributed by atoms with van der Waals surface area (Å²) in [6.07, 6.45) is 0.695. The summed E-state index contributed by atoms with van der Waals surface area (Å²) >= 11 is 0. The van der Waals surface area contributed by atoms with Crippen molar-refractivity contribution in [3.05, 3.63) is 58.7 Å². The van der Waals surface area contributed by atoms with E-state index in [2.05, 4.69) is 16.3 Å². The zero-order chi connectivity index (χ0) is 16.8. The molecule has 0 saturated heterocycles. The van der Waals surface area contributed by atoms with Crippen molar-refractivity contribution < 1.29 is 9.53 Å². The molecule has 124 valence electrons.